The summed E-state index contributed by atoms with van der Waals surface area (Å²) in [6.07, 6.45) is 15.7. The molecule has 9 N–H and O–H groups in total. The van der Waals surface area contributed by atoms with Gasteiger partial charge in [-0.3, -0.25) is 38.4 Å². The Morgan fingerprint density at radius 3 is 1.93 bits per heavy atom. The minimum atomic E-state index is -1.51. The number of nitrogens with zero attached hydrogens (tertiary/aromatic N) is 3. The molecule has 0 aromatic heterocycles. The monoisotopic (exact) mass is 1060 g/mol. The van der Waals surface area contributed by atoms with Gasteiger partial charge in [-0.2, -0.15) is 0 Å². The average molecular weight is 1070 g/mol. The largest absolute Gasteiger partial charge is 0.507 e. The Bertz CT molecular complexity index is 2290. The third-order valence-electron chi connectivity index (χ3n) is 13.8. The molecule has 6 atom stereocenters. The number of rotatable bonds is 26. The van der Waals surface area contributed by atoms with E-state index in [9.17, 15) is 63.6 Å². The minimum Gasteiger partial charge on any atom is -0.507 e. The number of hydrogen-bond acceptors (Lipinski definition) is 12. The highest BCUT2D eigenvalue weighted by molar-refractivity contribution is 5.97. The first-order valence-electron chi connectivity index (χ1n) is 27.1. The number of likely N-dealkylation sites (N-methyl/N-ethyl adjacent to an activating group) is 2. The number of carboxylic acids is 1. The predicted molar refractivity (Wildman–Crippen MR) is 285 cm³/mol. The van der Waals surface area contributed by atoms with Crippen LogP contribution in [-0.2, 0) is 49.6 Å². The van der Waals surface area contributed by atoms with Crippen LogP contribution in [0.2, 0.25) is 0 Å². The highest BCUT2D eigenvalue weighted by Gasteiger charge is 2.38. The first kappa shape index (κ1) is 63.5. The molecule has 2 aliphatic rings. The molecule has 1 fully saturated rings. The number of carboxylic acid groups (broad SMARTS) is 1. The van der Waals surface area contributed by atoms with Crippen molar-refractivity contribution in [3.63, 3.8) is 0 Å². The molecule has 8 amide bonds. The van der Waals surface area contributed by atoms with Crippen molar-refractivity contribution in [1.29, 1.82) is 0 Å². The van der Waals surface area contributed by atoms with Crippen LogP contribution in [0.5, 0.6) is 11.5 Å². The fourth-order valence-corrected chi connectivity index (χ4v) is 9.27. The molecule has 0 radical (unpaired) electrons. The second-order valence-electron chi connectivity index (χ2n) is 19.5. The smallest absolute Gasteiger partial charge is 0.326 e. The van der Waals surface area contributed by atoms with E-state index in [4.69, 9.17) is 0 Å². The van der Waals surface area contributed by atoms with Gasteiger partial charge in [0.15, 0.2) is 0 Å². The fourth-order valence-electron chi connectivity index (χ4n) is 9.27. The van der Waals surface area contributed by atoms with E-state index in [1.807, 2.05) is 13.8 Å². The third kappa shape index (κ3) is 19.1. The summed E-state index contributed by atoms with van der Waals surface area (Å²) in [4.78, 5) is 123. The number of fused-ring (bicyclic) bond motifs is 5. The highest BCUT2D eigenvalue weighted by atomic mass is 16.4. The van der Waals surface area contributed by atoms with Crippen LogP contribution in [0.1, 0.15) is 155 Å². The van der Waals surface area contributed by atoms with Crippen LogP contribution in [0.15, 0.2) is 36.4 Å². The van der Waals surface area contributed by atoms with Gasteiger partial charge >= 0.3 is 5.97 Å². The number of phenolic OH excluding ortho intramolecular Hbond substituents is 2. The minimum absolute atomic E-state index is 0.0337. The van der Waals surface area contributed by atoms with Crippen LogP contribution >= 0.6 is 0 Å². The SMILES string of the molecule is CC.CCCCCCCCCCCCCCCC(=O)N(C)[C@H](CO)C(=O)N[C@H](C)C(=O)NCC(=O)N(C)C1C(=O)NCC(=O)N[C@H](C(=O)N[C@@H](C)C(=O)N2CCC[C@H]2C(=O)O)Cc2ccc(O)c(c2)-c2cc1ccc2O. The second-order valence-corrected chi connectivity index (χ2v) is 19.5. The quantitative estimate of drug-likeness (QED) is 0.0604. The lowest BCUT2D eigenvalue weighted by Gasteiger charge is -2.29. The van der Waals surface area contributed by atoms with Crippen molar-refractivity contribution in [2.45, 2.75) is 180 Å². The molecule has 2 aromatic carbocycles. The molecule has 0 spiro atoms. The van der Waals surface area contributed by atoms with Gasteiger partial charge in [-0.05, 0) is 68.5 Å². The maximum atomic E-state index is 14.0. The Kier molecular flexibility index (Phi) is 27.3. The van der Waals surface area contributed by atoms with E-state index in [-0.39, 0.29) is 59.9 Å². The lowest BCUT2D eigenvalue weighted by Crippen LogP contribution is -2.56. The molecule has 76 heavy (non-hydrogen) atoms. The van der Waals surface area contributed by atoms with Gasteiger partial charge in [-0.1, -0.05) is 110 Å². The molecular formula is C55H84N8O13. The Morgan fingerprint density at radius 2 is 1.34 bits per heavy atom. The molecule has 1 saturated heterocycles. The topological polar surface area (TPSA) is 304 Å². The summed E-state index contributed by atoms with van der Waals surface area (Å²) in [5.74, 6) is -7.70. The first-order valence-corrected chi connectivity index (χ1v) is 27.1. The summed E-state index contributed by atoms with van der Waals surface area (Å²) in [5.41, 5.74) is 0.617. The number of likely N-dealkylation sites (tertiary alicyclic amines) is 1. The number of unbranched alkanes of at least 4 members (excludes halogenated alkanes) is 12. The number of carbonyl (C=O) groups is 9. The number of aliphatic hydroxyl groups excluding tert-OH is 1. The predicted octanol–water partition coefficient (Wildman–Crippen LogP) is 3.95. The maximum Gasteiger partial charge on any atom is 0.326 e. The molecular weight excluding hydrogens is 981 g/mol. The van der Waals surface area contributed by atoms with Crippen LogP contribution in [-0.4, -0.2) is 159 Å². The summed E-state index contributed by atoms with van der Waals surface area (Å²) in [6.45, 7) is 7.06. The Hall–Kier alpha value is -6.77. The number of carbonyl (C=O) groups excluding carboxylic acids is 8. The lowest BCUT2D eigenvalue weighted by atomic mass is 9.94. The normalized spacial score (nSPS) is 17.5. The van der Waals surface area contributed by atoms with Crippen LogP contribution in [0, 0.1) is 0 Å². The Morgan fingerprint density at radius 1 is 0.763 bits per heavy atom. The van der Waals surface area contributed by atoms with Crippen molar-refractivity contribution in [2.75, 3.05) is 40.3 Å². The zero-order valence-corrected chi connectivity index (χ0v) is 45.6. The van der Waals surface area contributed by atoms with Crippen LogP contribution in [0.25, 0.3) is 11.1 Å². The van der Waals surface area contributed by atoms with E-state index < -0.39 is 103 Å². The van der Waals surface area contributed by atoms with Crippen molar-refractivity contribution in [3.8, 4) is 22.6 Å². The summed E-state index contributed by atoms with van der Waals surface area (Å²) >= 11 is 0. The van der Waals surface area contributed by atoms with Gasteiger partial charge in [0.05, 0.1) is 19.7 Å². The fraction of sp³-hybridized carbons (Fsp3) is 0.618. The van der Waals surface area contributed by atoms with Crippen molar-refractivity contribution >= 4 is 53.2 Å². The molecule has 422 valence electrons. The van der Waals surface area contributed by atoms with E-state index in [0.29, 0.717) is 18.4 Å². The van der Waals surface area contributed by atoms with Gasteiger partial charge in [0, 0.05) is 44.6 Å². The van der Waals surface area contributed by atoms with E-state index in [1.54, 1.807) is 0 Å². The molecule has 0 saturated carbocycles. The molecule has 2 aromatic rings. The van der Waals surface area contributed by atoms with Gasteiger partial charge in [-0.15, -0.1) is 0 Å². The second kappa shape index (κ2) is 32.6. The zero-order chi connectivity index (χ0) is 56.5. The summed E-state index contributed by atoms with van der Waals surface area (Å²) < 4.78 is 0. The number of aliphatic hydroxyl groups is 1. The van der Waals surface area contributed by atoms with E-state index in [2.05, 4.69) is 33.5 Å². The van der Waals surface area contributed by atoms with Crippen LogP contribution in [0.3, 0.4) is 0 Å². The molecule has 2 aliphatic heterocycles. The molecule has 2 heterocycles. The zero-order valence-electron chi connectivity index (χ0n) is 45.6. The summed E-state index contributed by atoms with van der Waals surface area (Å²) in [6, 6.07) is 0.594. The standard InChI is InChI=1S/C53H78N8O13.C2H6/c1-6-7-8-9-10-11-12-13-14-15-16-17-18-21-45(66)59(4)41(32-62)50(70)56-33(2)48(68)55-31-46(67)60(5)47-36-23-25-43(64)38(29-36)37-27-35(22-24-42(37)63)28-39(58-44(65)30-54-51(47)71)49(69)57-34(3)52(72)61-26-19-20-40(61)53(73)74;1-2/h22-25,27,29,33-34,39-41,47,62-64H,6-21,26,28,30-32H2,1-5H3,(H,54,71)(H,55,68)(H,56,70)(H,57,69)(H,58,65)(H,73,74);1-2H3/t33-,34+,39+,40+,41-,47?;/m1./s1. The number of hydrogen-bond donors (Lipinski definition) is 9. The molecule has 4 rings (SSSR count). The maximum absolute atomic E-state index is 14.0. The number of benzene rings is 2. The van der Waals surface area contributed by atoms with Crippen molar-refractivity contribution in [1.82, 2.24) is 41.3 Å². The van der Waals surface area contributed by atoms with Gasteiger partial charge in [0.2, 0.25) is 47.3 Å². The Balaban J connectivity index is 0.00000751. The van der Waals surface area contributed by atoms with Crippen molar-refractivity contribution in [3.05, 3.63) is 47.5 Å². The van der Waals surface area contributed by atoms with Crippen molar-refractivity contribution < 1.29 is 63.6 Å². The van der Waals surface area contributed by atoms with Gasteiger partial charge < -0.3 is 61.7 Å². The third-order valence-corrected chi connectivity index (χ3v) is 13.8. The number of aromatic hydroxyl groups is 2. The van der Waals surface area contributed by atoms with Gasteiger partial charge in [-0.25, -0.2) is 4.79 Å². The molecule has 4 bridgehead atoms. The molecule has 0 aliphatic carbocycles. The summed E-state index contributed by atoms with van der Waals surface area (Å²) in [5, 5.41) is 54.3. The molecule has 1 unspecified atom stereocenters. The van der Waals surface area contributed by atoms with E-state index >= 15 is 0 Å². The van der Waals surface area contributed by atoms with E-state index in [1.165, 1.54) is 121 Å². The highest BCUT2D eigenvalue weighted by Crippen LogP contribution is 2.38. The van der Waals surface area contributed by atoms with Gasteiger partial charge in [0.1, 0.15) is 47.8 Å². The lowest BCUT2D eigenvalue weighted by molar-refractivity contribution is -0.149. The van der Waals surface area contributed by atoms with E-state index in [0.717, 1.165) is 35.5 Å². The molecule has 21 heteroatoms. The summed E-state index contributed by atoms with van der Waals surface area (Å²) in [7, 11) is 2.67. The van der Waals surface area contributed by atoms with Gasteiger partial charge in [0.25, 0.3) is 0 Å². The number of nitrogens with one attached hydrogen (secondary N) is 5. The Labute approximate surface area is 447 Å². The first-order chi connectivity index (χ1) is 36.3. The number of aliphatic carboxylic acids is 1. The van der Waals surface area contributed by atoms with Crippen molar-refractivity contribution in [2.24, 2.45) is 0 Å². The number of amides is 8. The van der Waals surface area contributed by atoms with Crippen LogP contribution < -0.4 is 26.6 Å². The number of phenols is 2. The van der Waals surface area contributed by atoms with Crippen LogP contribution in [0.4, 0.5) is 0 Å². The molecule has 21 nitrogen and oxygen atoms in total. The average Bonchev–Trinajstić information content (AvgIpc) is 3.90.